The first-order valence-electron chi connectivity index (χ1n) is 6.52. The molecule has 3 unspecified atom stereocenters. The first kappa shape index (κ1) is 12.7. The average molecular weight is 286 g/mol. The second-order valence-corrected chi connectivity index (χ2v) is 6.22. The quantitative estimate of drug-likeness (QED) is 0.830. The van der Waals surface area contributed by atoms with Crippen LogP contribution in [-0.4, -0.2) is 17.7 Å². The van der Waals surface area contributed by atoms with E-state index in [1.165, 1.54) is 0 Å². The lowest BCUT2D eigenvalue weighted by molar-refractivity contribution is -0.0568. The summed E-state index contributed by atoms with van der Waals surface area (Å²) in [5.41, 5.74) is 0.163. The van der Waals surface area contributed by atoms with Gasteiger partial charge >= 0.3 is 0 Å². The van der Waals surface area contributed by atoms with Crippen molar-refractivity contribution >= 4 is 23.2 Å². The van der Waals surface area contributed by atoms with Crippen LogP contribution in [0.25, 0.3) is 0 Å². The Balaban J connectivity index is 1.99. The van der Waals surface area contributed by atoms with Crippen molar-refractivity contribution in [1.29, 1.82) is 0 Å². The van der Waals surface area contributed by atoms with Crippen LogP contribution in [0.3, 0.4) is 0 Å². The van der Waals surface area contributed by atoms with Crippen LogP contribution in [-0.2, 0) is 5.60 Å². The zero-order chi connectivity index (χ0) is 12.8. The number of nitrogens with one attached hydrogen (secondary N) is 1. The van der Waals surface area contributed by atoms with Gasteiger partial charge in [-0.05, 0) is 49.9 Å². The summed E-state index contributed by atoms with van der Waals surface area (Å²) in [6.07, 6.45) is 4.05. The molecule has 0 aromatic heterocycles. The molecule has 4 heteroatoms. The molecule has 1 saturated carbocycles. The van der Waals surface area contributed by atoms with E-state index >= 15 is 0 Å². The molecule has 3 atom stereocenters. The molecular formula is C14H17Cl2NO. The maximum Gasteiger partial charge on any atom is 0.0940 e. The largest absolute Gasteiger partial charge is 0.385 e. The van der Waals surface area contributed by atoms with E-state index in [0.29, 0.717) is 22.0 Å². The zero-order valence-corrected chi connectivity index (χ0v) is 11.6. The van der Waals surface area contributed by atoms with Gasteiger partial charge in [-0.25, -0.2) is 0 Å². The van der Waals surface area contributed by atoms with Crippen LogP contribution in [0, 0.1) is 5.92 Å². The van der Waals surface area contributed by atoms with Crippen molar-refractivity contribution in [2.45, 2.75) is 37.3 Å². The van der Waals surface area contributed by atoms with Gasteiger partial charge in [0.25, 0.3) is 0 Å². The third kappa shape index (κ3) is 1.96. The molecule has 1 aromatic rings. The Kier molecular flexibility index (Phi) is 3.31. The maximum absolute atomic E-state index is 11.1. The molecule has 0 spiro atoms. The maximum atomic E-state index is 11.1. The number of rotatable bonds is 1. The Morgan fingerprint density at radius 2 is 2.06 bits per heavy atom. The Labute approximate surface area is 117 Å². The Bertz CT molecular complexity index is 465. The summed E-state index contributed by atoms with van der Waals surface area (Å²) in [5, 5.41) is 15.6. The molecule has 0 radical (unpaired) electrons. The fraction of sp³-hybridized carbons (Fsp3) is 0.571. The topological polar surface area (TPSA) is 32.3 Å². The van der Waals surface area contributed by atoms with E-state index in [-0.39, 0.29) is 0 Å². The summed E-state index contributed by atoms with van der Waals surface area (Å²) in [6.45, 7) is 0.999. The van der Waals surface area contributed by atoms with Crippen LogP contribution in [0.5, 0.6) is 0 Å². The molecule has 1 heterocycles. The molecule has 2 fully saturated rings. The lowest BCUT2D eigenvalue weighted by atomic mass is 9.69. The summed E-state index contributed by atoms with van der Waals surface area (Å²) >= 11 is 12.0. The van der Waals surface area contributed by atoms with Crippen LogP contribution < -0.4 is 5.32 Å². The molecular weight excluding hydrogens is 269 g/mol. The van der Waals surface area contributed by atoms with Gasteiger partial charge in [0.2, 0.25) is 0 Å². The second-order valence-electron chi connectivity index (χ2n) is 5.40. The molecule has 1 aliphatic heterocycles. The number of halogens is 2. The summed E-state index contributed by atoms with van der Waals surface area (Å²) in [6, 6.07) is 5.96. The predicted octanol–water partition coefficient (Wildman–Crippen LogP) is 3.34. The summed E-state index contributed by atoms with van der Waals surface area (Å²) in [4.78, 5) is 0. The first-order valence-corrected chi connectivity index (χ1v) is 7.28. The third-order valence-electron chi connectivity index (χ3n) is 4.45. The van der Waals surface area contributed by atoms with Gasteiger partial charge in [-0.3, -0.25) is 0 Å². The minimum Gasteiger partial charge on any atom is -0.385 e. The molecule has 0 bridgehead atoms. The highest BCUT2D eigenvalue weighted by Gasteiger charge is 2.47. The van der Waals surface area contributed by atoms with Crippen molar-refractivity contribution in [2.24, 2.45) is 5.92 Å². The highest BCUT2D eigenvalue weighted by atomic mass is 35.5. The molecule has 1 aromatic carbocycles. The van der Waals surface area contributed by atoms with E-state index in [9.17, 15) is 5.11 Å². The lowest BCUT2D eigenvalue weighted by Crippen LogP contribution is -2.45. The Hall–Kier alpha value is -0.280. The van der Waals surface area contributed by atoms with E-state index in [1.807, 2.05) is 12.1 Å². The summed E-state index contributed by atoms with van der Waals surface area (Å²) < 4.78 is 0. The van der Waals surface area contributed by atoms with Crippen LogP contribution in [0.4, 0.5) is 0 Å². The summed E-state index contributed by atoms with van der Waals surface area (Å²) in [5.74, 6) is 0.295. The van der Waals surface area contributed by atoms with Gasteiger partial charge in [0.05, 0.1) is 15.6 Å². The van der Waals surface area contributed by atoms with Crippen LogP contribution in [0.1, 0.15) is 31.2 Å². The fourth-order valence-electron chi connectivity index (χ4n) is 3.54. The van der Waals surface area contributed by atoms with Crippen LogP contribution in [0.15, 0.2) is 18.2 Å². The van der Waals surface area contributed by atoms with Crippen molar-refractivity contribution in [3.05, 3.63) is 33.8 Å². The van der Waals surface area contributed by atoms with Crippen molar-refractivity contribution in [3.8, 4) is 0 Å². The number of fused-ring (bicyclic) bond motifs is 1. The molecule has 1 aliphatic carbocycles. The van der Waals surface area contributed by atoms with E-state index in [2.05, 4.69) is 5.32 Å². The standard InChI is InChI=1S/C14H17Cl2NO/c15-11-4-3-9(8-12(11)16)14(18)6-1-2-13-10(14)5-7-17-13/h3-4,8,10,13,17-18H,1-2,5-7H2. The molecule has 0 amide bonds. The average Bonchev–Trinajstić information content (AvgIpc) is 2.82. The van der Waals surface area contributed by atoms with Gasteiger partial charge in [-0.2, -0.15) is 0 Å². The number of aliphatic hydroxyl groups is 1. The molecule has 1 saturated heterocycles. The van der Waals surface area contributed by atoms with Gasteiger partial charge < -0.3 is 10.4 Å². The van der Waals surface area contributed by atoms with Gasteiger partial charge in [0.1, 0.15) is 0 Å². The lowest BCUT2D eigenvalue weighted by Gasteiger charge is -2.42. The highest BCUT2D eigenvalue weighted by Crippen LogP contribution is 2.46. The molecule has 98 valence electrons. The third-order valence-corrected chi connectivity index (χ3v) is 5.19. The molecule has 2 N–H and O–H groups in total. The SMILES string of the molecule is OC1(c2ccc(Cl)c(Cl)c2)CCCC2NCCC21. The minimum absolute atomic E-state index is 0.295. The van der Waals surface area contributed by atoms with Crippen LogP contribution >= 0.6 is 23.2 Å². The highest BCUT2D eigenvalue weighted by molar-refractivity contribution is 6.42. The van der Waals surface area contributed by atoms with Gasteiger partial charge in [-0.1, -0.05) is 29.3 Å². The van der Waals surface area contributed by atoms with Crippen molar-refractivity contribution in [1.82, 2.24) is 5.32 Å². The predicted molar refractivity (Wildman–Crippen MR) is 74.1 cm³/mol. The first-order chi connectivity index (χ1) is 8.61. The monoisotopic (exact) mass is 285 g/mol. The van der Waals surface area contributed by atoms with E-state index < -0.39 is 5.60 Å². The number of benzene rings is 1. The number of hydrogen-bond acceptors (Lipinski definition) is 2. The Morgan fingerprint density at radius 1 is 1.22 bits per heavy atom. The Morgan fingerprint density at radius 3 is 2.83 bits per heavy atom. The van der Waals surface area contributed by atoms with Crippen molar-refractivity contribution < 1.29 is 5.11 Å². The number of hydrogen-bond donors (Lipinski definition) is 2. The summed E-state index contributed by atoms with van der Waals surface area (Å²) in [7, 11) is 0. The molecule has 3 rings (SSSR count). The van der Waals surface area contributed by atoms with Crippen LogP contribution in [0.2, 0.25) is 10.0 Å². The van der Waals surface area contributed by atoms with Gasteiger partial charge in [0.15, 0.2) is 0 Å². The van der Waals surface area contributed by atoms with E-state index in [4.69, 9.17) is 23.2 Å². The molecule has 2 nitrogen and oxygen atoms in total. The fourth-order valence-corrected chi connectivity index (χ4v) is 3.84. The van der Waals surface area contributed by atoms with Gasteiger partial charge in [-0.15, -0.1) is 0 Å². The van der Waals surface area contributed by atoms with Crippen molar-refractivity contribution in [2.75, 3.05) is 6.54 Å². The normalized spacial score (nSPS) is 35.5. The minimum atomic E-state index is -0.749. The zero-order valence-electron chi connectivity index (χ0n) is 10.1. The van der Waals surface area contributed by atoms with E-state index in [0.717, 1.165) is 37.8 Å². The second kappa shape index (κ2) is 4.68. The smallest absolute Gasteiger partial charge is 0.0940 e. The van der Waals surface area contributed by atoms with E-state index in [1.54, 1.807) is 6.07 Å². The van der Waals surface area contributed by atoms with Gasteiger partial charge in [0, 0.05) is 12.0 Å². The molecule has 18 heavy (non-hydrogen) atoms. The van der Waals surface area contributed by atoms with Crippen molar-refractivity contribution in [3.63, 3.8) is 0 Å². The molecule has 2 aliphatic rings.